The van der Waals surface area contributed by atoms with Crippen molar-refractivity contribution in [3.8, 4) is 0 Å². The molecule has 2 heterocycles. The largest absolute Gasteiger partial charge is 0.471 e. The smallest absolute Gasteiger partial charge is 0.292 e. The minimum Gasteiger partial charge on any atom is -0.471 e. The van der Waals surface area contributed by atoms with Gasteiger partial charge in [0.15, 0.2) is 0 Å². The van der Waals surface area contributed by atoms with Gasteiger partial charge in [0.05, 0.1) is 18.5 Å². The Kier molecular flexibility index (Phi) is 11.8. The topological polar surface area (TPSA) is 81.6 Å². The molecule has 2 atom stereocenters. The molecule has 1 aromatic carbocycles. The molecule has 2 aliphatic heterocycles. The van der Waals surface area contributed by atoms with E-state index in [1.54, 1.807) is 12.1 Å². The lowest BCUT2D eigenvalue weighted by molar-refractivity contribution is -0.126. The number of carbonyl (C=O) groups is 1. The van der Waals surface area contributed by atoms with E-state index >= 15 is 0 Å². The first-order chi connectivity index (χ1) is 11.1. The summed E-state index contributed by atoms with van der Waals surface area (Å²) < 4.78 is 3.86. The first kappa shape index (κ1) is 21.2. The van der Waals surface area contributed by atoms with Gasteiger partial charge in [-0.25, -0.2) is 0 Å². The highest BCUT2D eigenvalue weighted by Gasteiger charge is 2.33. The van der Waals surface area contributed by atoms with E-state index in [9.17, 15) is 0 Å². The van der Waals surface area contributed by atoms with E-state index in [0.717, 1.165) is 12.1 Å². The van der Waals surface area contributed by atoms with Crippen molar-refractivity contribution in [3.05, 3.63) is 24.3 Å². The third-order valence-electron chi connectivity index (χ3n) is 4.15. The van der Waals surface area contributed by atoms with E-state index in [1.807, 2.05) is 26.0 Å². The highest BCUT2D eigenvalue weighted by Crippen LogP contribution is 2.33. The molecule has 2 unspecified atom stereocenters. The summed E-state index contributed by atoms with van der Waals surface area (Å²) in [6.45, 7) is 4.38. The SMILES string of the molecule is CC.CN1C2CCCC1CC2.COC=O.Nc1ccccc1N. The van der Waals surface area contributed by atoms with Crippen LogP contribution in [0.2, 0.25) is 0 Å². The molecule has 23 heavy (non-hydrogen) atoms. The van der Waals surface area contributed by atoms with Gasteiger partial charge in [-0.15, -0.1) is 0 Å². The monoisotopic (exact) mass is 323 g/mol. The fraction of sp³-hybridized carbons (Fsp3) is 0.611. The molecule has 0 radical (unpaired) electrons. The van der Waals surface area contributed by atoms with Crippen LogP contribution in [0.4, 0.5) is 11.4 Å². The zero-order chi connectivity index (χ0) is 17.7. The number of hydrogen-bond acceptors (Lipinski definition) is 5. The first-order valence-electron chi connectivity index (χ1n) is 8.38. The summed E-state index contributed by atoms with van der Waals surface area (Å²) >= 11 is 0. The second-order valence-corrected chi connectivity index (χ2v) is 5.44. The highest BCUT2D eigenvalue weighted by molar-refractivity contribution is 5.62. The molecule has 4 N–H and O–H groups in total. The molecule has 1 aromatic rings. The molecule has 2 saturated heterocycles. The van der Waals surface area contributed by atoms with E-state index in [1.165, 1.54) is 39.2 Å². The van der Waals surface area contributed by atoms with Gasteiger partial charge in [0.25, 0.3) is 6.47 Å². The number of nitrogens with two attached hydrogens (primary N) is 2. The van der Waals surface area contributed by atoms with Crippen LogP contribution in [-0.4, -0.2) is 37.6 Å². The van der Waals surface area contributed by atoms with Crippen LogP contribution in [-0.2, 0) is 9.53 Å². The molecule has 0 saturated carbocycles. The number of hydrogen-bond donors (Lipinski definition) is 2. The van der Waals surface area contributed by atoms with E-state index < -0.39 is 0 Å². The van der Waals surface area contributed by atoms with Crippen molar-refractivity contribution in [2.24, 2.45) is 0 Å². The zero-order valence-corrected chi connectivity index (χ0v) is 15.0. The van der Waals surface area contributed by atoms with E-state index in [0.29, 0.717) is 17.8 Å². The molecule has 0 spiro atoms. The summed E-state index contributed by atoms with van der Waals surface area (Å²) in [6.07, 6.45) is 7.36. The van der Waals surface area contributed by atoms with Gasteiger partial charge in [0, 0.05) is 12.1 Å². The lowest BCUT2D eigenvalue weighted by Gasteiger charge is -2.30. The lowest BCUT2D eigenvalue weighted by Crippen LogP contribution is -2.35. The molecular formula is C18H33N3O2. The number of benzene rings is 1. The van der Waals surface area contributed by atoms with E-state index in [2.05, 4.69) is 16.7 Å². The lowest BCUT2D eigenvalue weighted by atomic mass is 10.0. The molecular weight excluding hydrogens is 290 g/mol. The fourth-order valence-electron chi connectivity index (χ4n) is 2.89. The number of ether oxygens (including phenoxy) is 1. The standard InChI is InChI=1S/C8H15N.C6H8N2.C2H4O2.C2H6/c1-9-7-3-2-4-8(9)6-5-7;7-5-3-1-2-4-6(5)8;1-4-2-3;1-2/h7-8H,2-6H2,1H3;1-4H,7-8H2;2H,1H3;1-2H3. The Hall–Kier alpha value is -1.75. The maximum Gasteiger partial charge on any atom is 0.292 e. The Morgan fingerprint density at radius 1 is 1.04 bits per heavy atom. The van der Waals surface area contributed by atoms with Crippen LogP contribution < -0.4 is 11.5 Å². The Bertz CT molecular complexity index is 389. The average Bonchev–Trinajstić information content (AvgIpc) is 2.81. The number of methoxy groups -OCH3 is 1. The van der Waals surface area contributed by atoms with Gasteiger partial charge in [-0.1, -0.05) is 32.4 Å². The summed E-state index contributed by atoms with van der Waals surface area (Å²) in [7, 11) is 3.61. The van der Waals surface area contributed by atoms with Crippen LogP contribution in [0, 0.1) is 0 Å². The third kappa shape index (κ3) is 7.88. The van der Waals surface area contributed by atoms with Crippen molar-refractivity contribution in [2.45, 2.75) is 58.0 Å². The summed E-state index contributed by atoms with van der Waals surface area (Å²) in [6, 6.07) is 9.18. The van der Waals surface area contributed by atoms with Crippen molar-refractivity contribution in [1.82, 2.24) is 4.90 Å². The number of nitrogens with zero attached hydrogens (tertiary/aromatic N) is 1. The number of carbonyl (C=O) groups excluding carboxylic acids is 1. The van der Waals surface area contributed by atoms with Crippen LogP contribution in [0.3, 0.4) is 0 Å². The second kappa shape index (κ2) is 12.8. The maximum absolute atomic E-state index is 8.95. The van der Waals surface area contributed by atoms with Crippen LogP contribution >= 0.6 is 0 Å². The first-order valence-corrected chi connectivity index (χ1v) is 8.38. The number of anilines is 2. The predicted molar refractivity (Wildman–Crippen MR) is 98.1 cm³/mol. The Morgan fingerprint density at radius 3 is 1.70 bits per heavy atom. The molecule has 0 aliphatic carbocycles. The number of rotatable bonds is 1. The molecule has 0 amide bonds. The second-order valence-electron chi connectivity index (χ2n) is 5.44. The minimum absolute atomic E-state index is 0.375. The van der Waals surface area contributed by atoms with E-state index in [-0.39, 0.29) is 0 Å². The van der Waals surface area contributed by atoms with Gasteiger partial charge in [-0.3, -0.25) is 4.79 Å². The van der Waals surface area contributed by atoms with Crippen molar-refractivity contribution < 1.29 is 9.53 Å². The number of para-hydroxylation sites is 2. The quantitative estimate of drug-likeness (QED) is 0.612. The van der Waals surface area contributed by atoms with Crippen LogP contribution in [0.1, 0.15) is 46.0 Å². The van der Waals surface area contributed by atoms with Gasteiger partial charge in [0.1, 0.15) is 0 Å². The molecule has 5 heteroatoms. The molecule has 3 rings (SSSR count). The number of piperidine rings is 1. The van der Waals surface area contributed by atoms with Crippen molar-refractivity contribution >= 4 is 17.8 Å². The molecule has 0 aromatic heterocycles. The zero-order valence-electron chi connectivity index (χ0n) is 15.0. The van der Waals surface area contributed by atoms with Crippen molar-refractivity contribution in [2.75, 3.05) is 25.6 Å². The average molecular weight is 323 g/mol. The third-order valence-corrected chi connectivity index (χ3v) is 4.15. The van der Waals surface area contributed by atoms with Crippen LogP contribution in [0.25, 0.3) is 0 Å². The van der Waals surface area contributed by atoms with Crippen LogP contribution in [0.5, 0.6) is 0 Å². The summed E-state index contributed by atoms with van der Waals surface area (Å²) in [4.78, 5) is 11.5. The fourth-order valence-corrected chi connectivity index (χ4v) is 2.89. The molecule has 2 bridgehead atoms. The Morgan fingerprint density at radius 2 is 1.43 bits per heavy atom. The number of nitrogen functional groups attached to an aromatic ring is 2. The van der Waals surface area contributed by atoms with Gasteiger partial charge in [-0.2, -0.15) is 0 Å². The van der Waals surface area contributed by atoms with Crippen LogP contribution in [0.15, 0.2) is 24.3 Å². The number of fused-ring (bicyclic) bond motifs is 2. The molecule has 2 fully saturated rings. The maximum atomic E-state index is 8.95. The molecule has 132 valence electrons. The molecule has 2 aliphatic rings. The van der Waals surface area contributed by atoms with Gasteiger partial charge in [0.2, 0.25) is 0 Å². The minimum atomic E-state index is 0.375. The summed E-state index contributed by atoms with van der Waals surface area (Å²) in [5.74, 6) is 0. The summed E-state index contributed by atoms with van der Waals surface area (Å²) in [5, 5.41) is 0. The van der Waals surface area contributed by atoms with Gasteiger partial charge < -0.3 is 21.1 Å². The van der Waals surface area contributed by atoms with Crippen molar-refractivity contribution in [3.63, 3.8) is 0 Å². The Balaban J connectivity index is 0.000000320. The van der Waals surface area contributed by atoms with Gasteiger partial charge in [-0.05, 0) is 44.9 Å². The van der Waals surface area contributed by atoms with Gasteiger partial charge >= 0.3 is 0 Å². The highest BCUT2D eigenvalue weighted by atomic mass is 16.5. The predicted octanol–water partition coefficient (Wildman–Crippen LogP) is 3.30. The Labute approximate surface area is 141 Å². The summed E-state index contributed by atoms with van der Waals surface area (Å²) in [5.41, 5.74) is 12.1. The van der Waals surface area contributed by atoms with Crippen molar-refractivity contribution in [1.29, 1.82) is 0 Å². The molecule has 5 nitrogen and oxygen atoms in total. The normalized spacial score (nSPS) is 21.4. The van der Waals surface area contributed by atoms with E-state index in [4.69, 9.17) is 16.3 Å².